The van der Waals surface area contributed by atoms with Crippen molar-refractivity contribution in [3.63, 3.8) is 0 Å². The number of nitrogens with one attached hydrogen (secondary N) is 1. The number of hydrogen-bond donors (Lipinski definition) is 2. The first-order valence-electron chi connectivity index (χ1n) is 18.3. The number of amides is 1. The number of carbonyl (C=O) groups is 2. The highest BCUT2D eigenvalue weighted by Crippen LogP contribution is 2.30. The van der Waals surface area contributed by atoms with Gasteiger partial charge >= 0.3 is 5.97 Å². The average molecular weight is 733 g/mol. The summed E-state index contributed by atoms with van der Waals surface area (Å²) in [5, 5.41) is 14.2. The summed E-state index contributed by atoms with van der Waals surface area (Å²) in [6, 6.07) is 13.4. The lowest BCUT2D eigenvalue weighted by atomic mass is 9.93. The van der Waals surface area contributed by atoms with E-state index in [0.29, 0.717) is 23.8 Å². The Morgan fingerprint density at radius 1 is 1.00 bits per heavy atom. The van der Waals surface area contributed by atoms with E-state index < -0.39 is 12.0 Å². The number of aryl methyl sites for hydroxylation is 1. The Balaban J connectivity index is 0.000000426. The molecule has 0 bridgehead atoms. The molecule has 2 aromatic rings. The molecule has 1 aliphatic carbocycles. The largest absolute Gasteiger partial charge is 0.480 e. The SMILES string of the molecule is CCCC(C)SCC.COCC1CCCN1Cc1ccc(C(=O)NC(CCSC)C(=O)O)c(-c2ccccc2C)c1.CSC1CCCCC1. The van der Waals surface area contributed by atoms with Gasteiger partial charge in [-0.2, -0.15) is 35.3 Å². The number of likely N-dealkylation sites (tertiary alicyclic amines) is 1. The van der Waals surface area contributed by atoms with Crippen LogP contribution in [0.25, 0.3) is 11.1 Å². The molecule has 1 heterocycles. The smallest absolute Gasteiger partial charge is 0.326 e. The number of rotatable bonds is 16. The van der Waals surface area contributed by atoms with Gasteiger partial charge in [-0.25, -0.2) is 4.79 Å². The molecule has 9 heteroatoms. The molecule has 2 aromatic carbocycles. The van der Waals surface area contributed by atoms with Gasteiger partial charge in [0.1, 0.15) is 6.04 Å². The first-order chi connectivity index (χ1) is 23.7. The van der Waals surface area contributed by atoms with Gasteiger partial charge in [0, 0.05) is 35.8 Å². The van der Waals surface area contributed by atoms with Crippen LogP contribution in [0.5, 0.6) is 0 Å². The Morgan fingerprint density at radius 3 is 2.33 bits per heavy atom. The van der Waals surface area contributed by atoms with Gasteiger partial charge in [-0.05, 0) is 110 Å². The van der Waals surface area contributed by atoms with E-state index in [1.807, 2.05) is 61.3 Å². The Kier molecular flexibility index (Phi) is 22.5. The number of aliphatic carboxylic acids is 1. The monoisotopic (exact) mass is 732 g/mol. The molecule has 2 N–H and O–H groups in total. The van der Waals surface area contributed by atoms with Gasteiger partial charge in [-0.15, -0.1) is 0 Å². The van der Waals surface area contributed by atoms with Crippen molar-refractivity contribution in [2.75, 3.05) is 44.3 Å². The van der Waals surface area contributed by atoms with Crippen LogP contribution in [-0.4, -0.2) is 88.7 Å². The van der Waals surface area contributed by atoms with Crippen LogP contribution >= 0.6 is 35.3 Å². The Morgan fingerprint density at radius 2 is 1.73 bits per heavy atom. The van der Waals surface area contributed by atoms with Crippen molar-refractivity contribution in [3.05, 3.63) is 59.2 Å². The summed E-state index contributed by atoms with van der Waals surface area (Å²) < 4.78 is 5.39. The molecule has 49 heavy (non-hydrogen) atoms. The number of methoxy groups -OCH3 is 1. The zero-order valence-electron chi connectivity index (χ0n) is 31.3. The predicted octanol–water partition coefficient (Wildman–Crippen LogP) is 9.82. The highest BCUT2D eigenvalue weighted by Gasteiger charge is 2.26. The van der Waals surface area contributed by atoms with E-state index in [-0.39, 0.29) is 5.91 Å². The minimum atomic E-state index is -1.01. The zero-order valence-corrected chi connectivity index (χ0v) is 33.8. The van der Waals surface area contributed by atoms with E-state index in [1.165, 1.54) is 50.7 Å². The molecule has 6 nitrogen and oxygen atoms in total. The summed E-state index contributed by atoms with van der Waals surface area (Å²) in [6.45, 7) is 11.3. The fourth-order valence-electron chi connectivity index (χ4n) is 6.51. The quantitative estimate of drug-likeness (QED) is 0.177. The second-order valence-electron chi connectivity index (χ2n) is 13.1. The number of thioether (sulfide) groups is 3. The third-order valence-electron chi connectivity index (χ3n) is 9.25. The maximum atomic E-state index is 13.2. The lowest BCUT2D eigenvalue weighted by Gasteiger charge is -2.24. The van der Waals surface area contributed by atoms with Gasteiger partial charge in [0.25, 0.3) is 5.91 Å². The fourth-order valence-corrected chi connectivity index (χ4v) is 8.76. The molecule has 1 amide bonds. The molecule has 0 aromatic heterocycles. The summed E-state index contributed by atoms with van der Waals surface area (Å²) in [6.07, 6.45) is 16.9. The van der Waals surface area contributed by atoms with Gasteiger partial charge in [0.2, 0.25) is 0 Å². The molecule has 1 saturated carbocycles. The average Bonchev–Trinajstić information content (AvgIpc) is 3.54. The van der Waals surface area contributed by atoms with Gasteiger partial charge in [0.05, 0.1) is 6.61 Å². The standard InChI is InChI=1S/C26H34N2O4S.C7H14S.C7H16S/c1-18-7-4-5-9-21(18)23-15-19(16-28-13-6-8-20(28)17-32-2)10-11-22(23)25(29)27-24(26(30)31)12-14-33-3;1-8-7-5-3-2-4-6-7;1-4-6-7(3)8-5-2/h4-5,7,9-11,15,20,24H,6,8,12-14,16-17H2,1-3H3,(H,27,29)(H,30,31);7H,2-6H2,1H3;7H,4-6H2,1-3H3. The highest BCUT2D eigenvalue weighted by atomic mass is 32.2. The van der Waals surface area contributed by atoms with E-state index in [4.69, 9.17) is 4.74 Å². The molecule has 1 aliphatic heterocycles. The summed E-state index contributed by atoms with van der Waals surface area (Å²) in [5.41, 5.74) is 4.51. The van der Waals surface area contributed by atoms with Crippen molar-refractivity contribution in [1.29, 1.82) is 0 Å². The topological polar surface area (TPSA) is 78.9 Å². The van der Waals surface area contributed by atoms with Crippen molar-refractivity contribution in [2.24, 2.45) is 0 Å². The number of hydrogen-bond acceptors (Lipinski definition) is 7. The maximum absolute atomic E-state index is 13.2. The van der Waals surface area contributed by atoms with Crippen LogP contribution in [0, 0.1) is 6.92 Å². The molecule has 2 aliphatic rings. The van der Waals surface area contributed by atoms with Crippen LogP contribution in [0.1, 0.15) is 106 Å². The van der Waals surface area contributed by atoms with Crippen molar-refractivity contribution >= 4 is 47.2 Å². The van der Waals surface area contributed by atoms with Gasteiger partial charge in [-0.3, -0.25) is 9.69 Å². The third-order valence-corrected chi connectivity index (χ3v) is 12.2. The van der Waals surface area contributed by atoms with E-state index >= 15 is 0 Å². The summed E-state index contributed by atoms with van der Waals surface area (Å²) in [7, 11) is 1.74. The minimum absolute atomic E-state index is 0.355. The molecular formula is C40H64N2O4S3. The van der Waals surface area contributed by atoms with Gasteiger partial charge in [-0.1, -0.05) is 76.8 Å². The van der Waals surface area contributed by atoms with Crippen LogP contribution in [0.4, 0.5) is 0 Å². The van der Waals surface area contributed by atoms with E-state index in [1.54, 1.807) is 18.9 Å². The number of benzene rings is 2. The third kappa shape index (κ3) is 16.1. The Hall–Kier alpha value is -1.65. The second kappa shape index (κ2) is 25.3. The molecule has 4 rings (SSSR count). The van der Waals surface area contributed by atoms with Crippen molar-refractivity contribution in [2.45, 2.75) is 121 Å². The molecular weight excluding hydrogens is 669 g/mol. The number of carbonyl (C=O) groups excluding carboxylic acids is 1. The summed E-state index contributed by atoms with van der Waals surface area (Å²) in [5.74, 6) is 0.567. The summed E-state index contributed by atoms with van der Waals surface area (Å²) >= 11 is 5.67. The van der Waals surface area contributed by atoms with Crippen LogP contribution in [0.2, 0.25) is 0 Å². The van der Waals surface area contributed by atoms with Gasteiger partial charge < -0.3 is 15.2 Å². The van der Waals surface area contributed by atoms with Crippen LogP contribution in [0.15, 0.2) is 42.5 Å². The van der Waals surface area contributed by atoms with Crippen LogP contribution in [0.3, 0.4) is 0 Å². The lowest BCUT2D eigenvalue weighted by molar-refractivity contribution is -0.139. The first-order valence-corrected chi connectivity index (χ1v) is 22.0. The number of ether oxygens (including phenoxy) is 1. The lowest BCUT2D eigenvalue weighted by Crippen LogP contribution is -2.41. The van der Waals surface area contributed by atoms with Crippen LogP contribution in [-0.2, 0) is 16.1 Å². The van der Waals surface area contributed by atoms with E-state index in [0.717, 1.165) is 65.3 Å². The molecule has 2 fully saturated rings. The van der Waals surface area contributed by atoms with E-state index in [9.17, 15) is 14.7 Å². The van der Waals surface area contributed by atoms with Crippen molar-refractivity contribution < 1.29 is 19.4 Å². The Labute approximate surface area is 311 Å². The molecule has 0 radical (unpaired) electrons. The first kappa shape index (κ1) is 43.5. The predicted molar refractivity (Wildman–Crippen MR) is 217 cm³/mol. The molecule has 3 unspecified atom stereocenters. The summed E-state index contributed by atoms with van der Waals surface area (Å²) in [4.78, 5) is 27.3. The second-order valence-corrected chi connectivity index (χ2v) is 17.0. The number of carboxylic acids is 1. The molecule has 276 valence electrons. The Bertz CT molecular complexity index is 1220. The molecule has 3 atom stereocenters. The maximum Gasteiger partial charge on any atom is 0.326 e. The van der Waals surface area contributed by atoms with E-state index in [2.05, 4.69) is 55.1 Å². The number of nitrogens with zero attached hydrogens (tertiary/aromatic N) is 1. The van der Waals surface area contributed by atoms with Crippen molar-refractivity contribution in [3.8, 4) is 11.1 Å². The normalized spacial score (nSPS) is 17.7. The highest BCUT2D eigenvalue weighted by molar-refractivity contribution is 7.99. The van der Waals surface area contributed by atoms with Gasteiger partial charge in [0.15, 0.2) is 0 Å². The number of carboxylic acid groups (broad SMARTS) is 1. The molecule has 0 spiro atoms. The fraction of sp³-hybridized carbons (Fsp3) is 0.650. The van der Waals surface area contributed by atoms with Crippen molar-refractivity contribution in [1.82, 2.24) is 10.2 Å². The van der Waals surface area contributed by atoms with Crippen LogP contribution < -0.4 is 5.32 Å². The zero-order chi connectivity index (χ0) is 36.0. The minimum Gasteiger partial charge on any atom is -0.480 e. The molecule has 1 saturated heterocycles.